The molecule has 2 aromatic carbocycles. The summed E-state index contributed by atoms with van der Waals surface area (Å²) in [5, 5.41) is 21.9. The molecule has 2 aliphatic rings. The lowest BCUT2D eigenvalue weighted by molar-refractivity contribution is 0.247. The predicted octanol–water partition coefficient (Wildman–Crippen LogP) is 4.04. The zero-order valence-electron chi connectivity index (χ0n) is 20.4. The van der Waals surface area contributed by atoms with Crippen LogP contribution in [0.25, 0.3) is 28.3 Å². The molecule has 2 atom stereocenters. The number of benzene rings is 2. The lowest BCUT2D eigenvalue weighted by Crippen LogP contribution is -2.34. The van der Waals surface area contributed by atoms with Crippen LogP contribution in [0.3, 0.4) is 0 Å². The molecule has 0 saturated carbocycles. The van der Waals surface area contributed by atoms with Gasteiger partial charge in [-0.2, -0.15) is 5.26 Å². The number of anilines is 1. The van der Waals surface area contributed by atoms with E-state index < -0.39 is 0 Å². The van der Waals surface area contributed by atoms with Gasteiger partial charge in [-0.05, 0) is 66.8 Å². The molecule has 1 fully saturated rings. The minimum atomic E-state index is 0.140. The quantitative estimate of drug-likeness (QED) is 0.385. The molecule has 182 valence electrons. The molecule has 0 spiro atoms. The van der Waals surface area contributed by atoms with E-state index in [1.54, 1.807) is 0 Å². The molecular formula is C29H30N6O. The Kier molecular flexibility index (Phi) is 5.84. The molecule has 0 aliphatic carbocycles. The van der Waals surface area contributed by atoms with Gasteiger partial charge >= 0.3 is 0 Å². The van der Waals surface area contributed by atoms with Crippen LogP contribution in [0.2, 0.25) is 0 Å². The van der Waals surface area contributed by atoms with Crippen LogP contribution in [0.1, 0.15) is 24.5 Å². The van der Waals surface area contributed by atoms with Crippen molar-refractivity contribution >= 4 is 5.69 Å². The first-order valence-corrected chi connectivity index (χ1v) is 12.6. The van der Waals surface area contributed by atoms with Crippen LogP contribution in [0.4, 0.5) is 5.69 Å². The van der Waals surface area contributed by atoms with Crippen molar-refractivity contribution in [1.29, 1.82) is 5.26 Å². The Balaban J connectivity index is 1.30. The number of imidazole rings is 1. The summed E-state index contributed by atoms with van der Waals surface area (Å²) in [4.78, 5) is 7.19. The maximum atomic E-state index is 9.29. The molecule has 7 heteroatoms. The Morgan fingerprint density at radius 2 is 2.03 bits per heavy atom. The molecule has 0 unspecified atom stereocenters. The Labute approximate surface area is 211 Å². The molecule has 4 heterocycles. The zero-order valence-corrected chi connectivity index (χ0v) is 20.4. The van der Waals surface area contributed by atoms with Crippen LogP contribution in [0.5, 0.6) is 0 Å². The van der Waals surface area contributed by atoms with Crippen LogP contribution in [-0.2, 0) is 6.54 Å². The van der Waals surface area contributed by atoms with Crippen molar-refractivity contribution in [2.75, 3.05) is 31.1 Å². The van der Waals surface area contributed by atoms with Gasteiger partial charge in [0.2, 0.25) is 0 Å². The summed E-state index contributed by atoms with van der Waals surface area (Å²) in [6, 6.07) is 19.1. The van der Waals surface area contributed by atoms with E-state index in [2.05, 4.69) is 55.9 Å². The van der Waals surface area contributed by atoms with Crippen molar-refractivity contribution in [1.82, 2.24) is 19.4 Å². The molecule has 6 rings (SSSR count). The molecule has 0 bridgehead atoms. The summed E-state index contributed by atoms with van der Waals surface area (Å²) >= 11 is 0. The second-order valence-corrected chi connectivity index (χ2v) is 9.96. The first-order valence-electron chi connectivity index (χ1n) is 12.6. The summed E-state index contributed by atoms with van der Waals surface area (Å²) in [6.45, 7) is 5.97. The molecular weight excluding hydrogens is 448 g/mol. The summed E-state index contributed by atoms with van der Waals surface area (Å²) in [7, 11) is 0. The number of hydrogen-bond acceptors (Lipinski definition) is 5. The van der Waals surface area contributed by atoms with E-state index in [0.29, 0.717) is 11.5 Å². The highest BCUT2D eigenvalue weighted by molar-refractivity contribution is 5.72. The second-order valence-electron chi connectivity index (χ2n) is 9.96. The number of fused-ring (bicyclic) bond motifs is 5. The highest BCUT2D eigenvalue weighted by atomic mass is 16.3. The number of aliphatic hydroxyl groups is 1. The van der Waals surface area contributed by atoms with Gasteiger partial charge in [-0.25, -0.2) is 4.98 Å². The normalized spacial score (nSPS) is 17.1. The topological polar surface area (TPSA) is 82.0 Å². The van der Waals surface area contributed by atoms with Crippen molar-refractivity contribution in [3.63, 3.8) is 0 Å². The molecule has 2 aliphatic heterocycles. The van der Waals surface area contributed by atoms with Gasteiger partial charge in [-0.15, -0.1) is 0 Å². The first kappa shape index (κ1) is 22.6. The number of hydrogen-bond donors (Lipinski definition) is 2. The third kappa shape index (κ3) is 4.09. The fraction of sp³-hybridized carbons (Fsp3) is 0.310. The molecule has 2 aromatic heterocycles. The van der Waals surface area contributed by atoms with Gasteiger partial charge in [0.1, 0.15) is 0 Å². The van der Waals surface area contributed by atoms with Crippen LogP contribution in [0.15, 0.2) is 67.1 Å². The molecule has 36 heavy (non-hydrogen) atoms. The summed E-state index contributed by atoms with van der Waals surface area (Å²) in [5.74, 6) is 1.52. The van der Waals surface area contributed by atoms with E-state index in [1.165, 1.54) is 16.9 Å². The van der Waals surface area contributed by atoms with Gasteiger partial charge in [0.15, 0.2) is 5.82 Å². The van der Waals surface area contributed by atoms with Crippen molar-refractivity contribution in [3.05, 3.63) is 78.2 Å². The third-order valence-corrected chi connectivity index (χ3v) is 7.46. The Hall–Kier alpha value is -3.86. The molecule has 0 radical (unpaired) electrons. The van der Waals surface area contributed by atoms with E-state index in [1.807, 2.05) is 43.6 Å². The van der Waals surface area contributed by atoms with Crippen molar-refractivity contribution in [3.8, 4) is 34.4 Å². The number of aromatic nitrogens is 3. The van der Waals surface area contributed by atoms with Crippen molar-refractivity contribution in [2.24, 2.45) is 5.92 Å². The Bertz CT molecular complexity index is 1430. The number of aliphatic hydroxyl groups excluding tert-OH is 1. The number of rotatable bonds is 6. The molecule has 2 N–H and O–H groups in total. The lowest BCUT2D eigenvalue weighted by Gasteiger charge is -2.21. The van der Waals surface area contributed by atoms with Crippen molar-refractivity contribution in [2.45, 2.75) is 25.9 Å². The van der Waals surface area contributed by atoms with Gasteiger partial charge in [0.25, 0.3) is 0 Å². The average Bonchev–Trinajstić information content (AvgIpc) is 3.66. The number of nitrogens with zero attached hydrogens (tertiary/aromatic N) is 5. The summed E-state index contributed by atoms with van der Waals surface area (Å²) in [6.07, 6.45) is 7.25. The van der Waals surface area contributed by atoms with Crippen LogP contribution in [0, 0.1) is 17.2 Å². The fourth-order valence-electron chi connectivity index (χ4n) is 5.39. The monoisotopic (exact) mass is 478 g/mol. The van der Waals surface area contributed by atoms with Gasteiger partial charge in [-0.3, -0.25) is 4.57 Å². The largest absolute Gasteiger partial charge is 0.395 e. The van der Waals surface area contributed by atoms with Gasteiger partial charge < -0.3 is 19.9 Å². The molecule has 0 amide bonds. The number of nitriles is 1. The first-order chi connectivity index (χ1) is 17.6. The highest BCUT2D eigenvalue weighted by Crippen LogP contribution is 2.36. The summed E-state index contributed by atoms with van der Waals surface area (Å²) < 4.78 is 4.47. The molecule has 1 saturated heterocycles. The second kappa shape index (κ2) is 9.30. The molecule has 4 aromatic rings. The van der Waals surface area contributed by atoms with Crippen LogP contribution in [-0.4, -0.2) is 51.5 Å². The standard InChI is InChI=1S/C29H30N6O/c1-20(19-36)32-15-22-8-10-33(16-22)26-6-7-27-25(12-26)18-34-17-24(23-4-2-21(14-30)3-5-23)13-28(34)29-31-9-11-35(27)29/h2-7,9,11-13,17,20,22,32,36H,8,10,15-16,18-19H2,1H3/t20-,22-/m1/s1. The lowest BCUT2D eigenvalue weighted by atomic mass is 10.1. The Morgan fingerprint density at radius 1 is 1.17 bits per heavy atom. The van der Waals surface area contributed by atoms with Gasteiger partial charge in [-0.1, -0.05) is 12.1 Å². The van der Waals surface area contributed by atoms with E-state index >= 15 is 0 Å². The van der Waals surface area contributed by atoms with Crippen LogP contribution >= 0.6 is 0 Å². The van der Waals surface area contributed by atoms with Crippen LogP contribution < -0.4 is 10.2 Å². The summed E-state index contributed by atoms with van der Waals surface area (Å²) in [5.41, 5.74) is 7.66. The minimum Gasteiger partial charge on any atom is -0.395 e. The van der Waals surface area contributed by atoms with E-state index in [4.69, 9.17) is 10.2 Å². The van der Waals surface area contributed by atoms with Gasteiger partial charge in [0, 0.05) is 62.1 Å². The zero-order chi connectivity index (χ0) is 24.6. The Morgan fingerprint density at radius 3 is 2.83 bits per heavy atom. The van der Waals surface area contributed by atoms with E-state index in [0.717, 1.165) is 55.2 Å². The third-order valence-electron chi connectivity index (χ3n) is 7.46. The van der Waals surface area contributed by atoms with E-state index in [9.17, 15) is 5.11 Å². The predicted molar refractivity (Wildman–Crippen MR) is 141 cm³/mol. The maximum absolute atomic E-state index is 9.29. The minimum absolute atomic E-state index is 0.140. The van der Waals surface area contributed by atoms with Crippen molar-refractivity contribution < 1.29 is 5.11 Å². The average molecular weight is 479 g/mol. The fourth-order valence-corrected chi connectivity index (χ4v) is 5.39. The highest BCUT2D eigenvalue weighted by Gasteiger charge is 2.25. The smallest absolute Gasteiger partial charge is 0.161 e. The maximum Gasteiger partial charge on any atom is 0.161 e. The SMILES string of the molecule is C[C@H](CO)NC[C@H]1CCN(c2ccc3c(c2)Cn2cc(-c4ccc(C#N)cc4)cc2-c2nccn2-3)C1. The van der Waals surface area contributed by atoms with E-state index in [-0.39, 0.29) is 12.6 Å². The number of nitrogens with one attached hydrogen (secondary N) is 1. The van der Waals surface area contributed by atoms with Gasteiger partial charge in [0.05, 0.1) is 29.6 Å². The molecule has 7 nitrogen and oxygen atoms in total.